The molecular formula is C29H29NO4. The van der Waals surface area contributed by atoms with Crippen LogP contribution in [0.5, 0.6) is 0 Å². The third kappa shape index (κ3) is 6.53. The predicted octanol–water partition coefficient (Wildman–Crippen LogP) is 5.49. The van der Waals surface area contributed by atoms with Gasteiger partial charge in [0.1, 0.15) is 0 Å². The lowest BCUT2D eigenvalue weighted by atomic mass is 10.0. The molecule has 0 atom stereocenters. The second-order valence-corrected chi connectivity index (χ2v) is 7.98. The lowest BCUT2D eigenvalue weighted by Gasteiger charge is -2.25. The lowest BCUT2D eigenvalue weighted by molar-refractivity contribution is 0.0592. The van der Waals surface area contributed by atoms with Gasteiger partial charge in [-0.1, -0.05) is 67.8 Å². The molecule has 0 aliphatic carbocycles. The van der Waals surface area contributed by atoms with Crippen LogP contribution in [0.1, 0.15) is 37.4 Å². The molecule has 0 saturated heterocycles. The van der Waals surface area contributed by atoms with Gasteiger partial charge in [-0.3, -0.25) is 4.90 Å². The monoisotopic (exact) mass is 455 g/mol. The van der Waals surface area contributed by atoms with E-state index >= 15 is 0 Å². The maximum absolute atomic E-state index is 11.7. The average molecular weight is 456 g/mol. The van der Waals surface area contributed by atoms with E-state index in [1.165, 1.54) is 19.8 Å². The molecule has 3 rings (SSSR count). The summed E-state index contributed by atoms with van der Waals surface area (Å²) in [7, 11) is 2.74. The van der Waals surface area contributed by atoms with Crippen molar-refractivity contribution in [2.75, 3.05) is 27.3 Å². The van der Waals surface area contributed by atoms with Crippen molar-refractivity contribution in [3.05, 3.63) is 120 Å². The molecule has 174 valence electrons. The molecular weight excluding hydrogens is 426 g/mol. The standard InChI is InChI=1S/C29H29NO4/c1-21(24-10-14-26(15-11-24)28(31)33-3)18-30(20-23-8-6-5-7-9-23)19-22(2)25-12-16-27(17-13-25)29(32)34-4/h5-17H,1-2,18-20H2,3-4H3. The topological polar surface area (TPSA) is 55.8 Å². The van der Waals surface area contributed by atoms with Crippen LogP contribution in [0.25, 0.3) is 11.1 Å². The van der Waals surface area contributed by atoms with E-state index in [0.717, 1.165) is 28.8 Å². The number of esters is 2. The minimum absolute atomic E-state index is 0.364. The van der Waals surface area contributed by atoms with Crippen molar-refractivity contribution in [2.24, 2.45) is 0 Å². The largest absolute Gasteiger partial charge is 0.465 e. The van der Waals surface area contributed by atoms with E-state index in [-0.39, 0.29) is 11.9 Å². The van der Waals surface area contributed by atoms with Gasteiger partial charge in [-0.2, -0.15) is 0 Å². The minimum Gasteiger partial charge on any atom is -0.465 e. The molecule has 0 radical (unpaired) electrons. The number of ether oxygens (including phenoxy) is 2. The third-order valence-electron chi connectivity index (χ3n) is 5.51. The van der Waals surface area contributed by atoms with Crippen molar-refractivity contribution < 1.29 is 19.1 Å². The van der Waals surface area contributed by atoms with Gasteiger partial charge in [-0.25, -0.2) is 9.59 Å². The van der Waals surface area contributed by atoms with E-state index < -0.39 is 0 Å². The SMILES string of the molecule is C=C(CN(CC(=C)c1ccc(C(=O)OC)cc1)Cc1ccccc1)c1ccc(C(=O)OC)cc1. The van der Waals surface area contributed by atoms with Crippen molar-refractivity contribution in [1.82, 2.24) is 4.90 Å². The Morgan fingerprint density at radius 2 is 1.03 bits per heavy atom. The summed E-state index contributed by atoms with van der Waals surface area (Å²) in [5.74, 6) is -0.727. The van der Waals surface area contributed by atoms with Gasteiger partial charge < -0.3 is 9.47 Å². The van der Waals surface area contributed by atoms with E-state index in [2.05, 4.69) is 30.2 Å². The molecule has 0 unspecified atom stereocenters. The first kappa shape index (κ1) is 24.7. The molecule has 0 heterocycles. The van der Waals surface area contributed by atoms with Crippen molar-refractivity contribution in [2.45, 2.75) is 6.54 Å². The van der Waals surface area contributed by atoms with Crippen molar-refractivity contribution >= 4 is 23.1 Å². The Morgan fingerprint density at radius 1 is 0.647 bits per heavy atom. The summed E-state index contributed by atoms with van der Waals surface area (Å²) in [6.07, 6.45) is 0. The van der Waals surface area contributed by atoms with Crippen LogP contribution in [0.4, 0.5) is 0 Å². The fourth-order valence-corrected chi connectivity index (χ4v) is 3.65. The summed E-state index contributed by atoms with van der Waals surface area (Å²) >= 11 is 0. The Morgan fingerprint density at radius 3 is 1.41 bits per heavy atom. The Labute approximate surface area is 200 Å². The van der Waals surface area contributed by atoms with Gasteiger partial charge in [0.2, 0.25) is 0 Å². The van der Waals surface area contributed by atoms with Crippen LogP contribution < -0.4 is 0 Å². The summed E-state index contributed by atoms with van der Waals surface area (Å²) in [5, 5.41) is 0. The number of methoxy groups -OCH3 is 2. The number of hydrogen-bond acceptors (Lipinski definition) is 5. The number of carbonyl (C=O) groups excluding carboxylic acids is 2. The first-order valence-electron chi connectivity index (χ1n) is 10.9. The van der Waals surface area contributed by atoms with Gasteiger partial charge in [-0.15, -0.1) is 0 Å². The summed E-state index contributed by atoms with van der Waals surface area (Å²) in [4.78, 5) is 25.7. The molecule has 0 aromatic heterocycles. The first-order valence-corrected chi connectivity index (χ1v) is 10.9. The Bertz CT molecular complexity index is 1080. The number of benzene rings is 3. The van der Waals surface area contributed by atoms with E-state index in [1.807, 2.05) is 42.5 Å². The van der Waals surface area contributed by atoms with Crippen LogP contribution in [0.15, 0.2) is 92.0 Å². The summed E-state index contributed by atoms with van der Waals surface area (Å²) in [6.45, 7) is 10.5. The number of nitrogens with zero attached hydrogens (tertiary/aromatic N) is 1. The smallest absolute Gasteiger partial charge is 0.337 e. The highest BCUT2D eigenvalue weighted by atomic mass is 16.5. The predicted molar refractivity (Wildman–Crippen MR) is 135 cm³/mol. The van der Waals surface area contributed by atoms with E-state index in [1.54, 1.807) is 24.3 Å². The molecule has 0 N–H and O–H groups in total. The van der Waals surface area contributed by atoms with E-state index in [4.69, 9.17) is 9.47 Å². The van der Waals surface area contributed by atoms with Gasteiger partial charge in [-0.05, 0) is 52.1 Å². The normalized spacial score (nSPS) is 10.6. The van der Waals surface area contributed by atoms with Gasteiger partial charge in [0.15, 0.2) is 0 Å². The zero-order valence-electron chi connectivity index (χ0n) is 19.6. The minimum atomic E-state index is -0.364. The van der Waals surface area contributed by atoms with Crippen LogP contribution >= 0.6 is 0 Å². The lowest BCUT2D eigenvalue weighted by Crippen LogP contribution is -2.27. The molecule has 0 aliphatic rings. The fourth-order valence-electron chi connectivity index (χ4n) is 3.65. The Kier molecular flexibility index (Phi) is 8.54. The maximum atomic E-state index is 11.7. The summed E-state index contributed by atoms with van der Waals surface area (Å²) < 4.78 is 9.55. The van der Waals surface area contributed by atoms with Crippen LogP contribution in [0.2, 0.25) is 0 Å². The highest BCUT2D eigenvalue weighted by Crippen LogP contribution is 2.21. The van der Waals surface area contributed by atoms with Crippen molar-refractivity contribution in [1.29, 1.82) is 0 Å². The van der Waals surface area contributed by atoms with Crippen LogP contribution in [0.3, 0.4) is 0 Å². The maximum Gasteiger partial charge on any atom is 0.337 e. The fraction of sp³-hybridized carbons (Fsp3) is 0.172. The molecule has 0 fully saturated rings. The molecule has 0 saturated carbocycles. The van der Waals surface area contributed by atoms with Crippen molar-refractivity contribution in [3.63, 3.8) is 0 Å². The first-order chi connectivity index (χ1) is 16.4. The van der Waals surface area contributed by atoms with Gasteiger partial charge >= 0.3 is 11.9 Å². The van der Waals surface area contributed by atoms with Gasteiger partial charge in [0.25, 0.3) is 0 Å². The third-order valence-corrected chi connectivity index (χ3v) is 5.51. The zero-order valence-corrected chi connectivity index (χ0v) is 19.6. The summed E-state index contributed by atoms with van der Waals surface area (Å²) in [6, 6.07) is 24.7. The molecule has 3 aromatic rings. The molecule has 5 heteroatoms. The Hall–Kier alpha value is -3.96. The highest BCUT2D eigenvalue weighted by molar-refractivity contribution is 5.90. The van der Waals surface area contributed by atoms with E-state index in [9.17, 15) is 9.59 Å². The Balaban J connectivity index is 1.75. The second kappa shape index (κ2) is 11.8. The second-order valence-electron chi connectivity index (χ2n) is 7.98. The molecule has 0 aliphatic heterocycles. The molecule has 34 heavy (non-hydrogen) atoms. The van der Waals surface area contributed by atoms with Gasteiger partial charge in [0.05, 0.1) is 25.3 Å². The quantitative estimate of drug-likeness (QED) is 0.379. The van der Waals surface area contributed by atoms with Crippen LogP contribution in [0, 0.1) is 0 Å². The molecule has 0 spiro atoms. The zero-order chi connectivity index (χ0) is 24.5. The number of hydrogen-bond donors (Lipinski definition) is 0. The van der Waals surface area contributed by atoms with Crippen LogP contribution in [-0.2, 0) is 16.0 Å². The molecule has 0 amide bonds. The van der Waals surface area contributed by atoms with Crippen LogP contribution in [-0.4, -0.2) is 44.1 Å². The summed E-state index contributed by atoms with van der Waals surface area (Å²) in [5.41, 5.74) is 5.97. The highest BCUT2D eigenvalue weighted by Gasteiger charge is 2.14. The van der Waals surface area contributed by atoms with Gasteiger partial charge in [0, 0.05) is 19.6 Å². The molecule has 5 nitrogen and oxygen atoms in total. The molecule has 0 bridgehead atoms. The average Bonchev–Trinajstić information content (AvgIpc) is 2.88. The number of rotatable bonds is 10. The molecule has 3 aromatic carbocycles. The number of carbonyl (C=O) groups is 2. The van der Waals surface area contributed by atoms with E-state index in [0.29, 0.717) is 24.2 Å². The van der Waals surface area contributed by atoms with Crippen molar-refractivity contribution in [3.8, 4) is 0 Å².